The molecule has 126 valence electrons. The van der Waals surface area contributed by atoms with Crippen LogP contribution in [0.5, 0.6) is 0 Å². The largest absolute Gasteiger partial charge is 0.369 e. The Morgan fingerprint density at radius 1 is 1.17 bits per heavy atom. The average molecular weight is 327 g/mol. The zero-order chi connectivity index (χ0) is 17.3. The quantitative estimate of drug-likeness (QED) is 0.830. The highest BCUT2D eigenvalue weighted by molar-refractivity contribution is 5.94. The first-order valence-electron chi connectivity index (χ1n) is 8.13. The van der Waals surface area contributed by atoms with Crippen LogP contribution >= 0.6 is 0 Å². The molecule has 3 rings (SSSR count). The lowest BCUT2D eigenvalue weighted by Gasteiger charge is -2.45. The number of halogens is 1. The molecule has 1 atom stereocenters. The minimum absolute atomic E-state index is 0.0513. The van der Waals surface area contributed by atoms with Crippen LogP contribution in [-0.2, 0) is 4.74 Å². The van der Waals surface area contributed by atoms with Gasteiger partial charge in [-0.25, -0.2) is 4.39 Å². The Labute approximate surface area is 142 Å². The van der Waals surface area contributed by atoms with Crippen molar-refractivity contribution in [2.75, 3.05) is 13.2 Å². The van der Waals surface area contributed by atoms with E-state index in [9.17, 15) is 9.18 Å². The number of aryl methyl sites for hydroxylation is 1. The Hall–Kier alpha value is -2.20. The van der Waals surface area contributed by atoms with Gasteiger partial charge in [-0.05, 0) is 39.0 Å². The van der Waals surface area contributed by atoms with Crippen LogP contribution < -0.4 is 0 Å². The van der Waals surface area contributed by atoms with Gasteiger partial charge in [-0.1, -0.05) is 35.9 Å². The van der Waals surface area contributed by atoms with Crippen molar-refractivity contribution in [3.8, 4) is 0 Å². The summed E-state index contributed by atoms with van der Waals surface area (Å²) in [4.78, 5) is 14.8. The van der Waals surface area contributed by atoms with E-state index in [0.29, 0.717) is 24.3 Å². The molecule has 0 bridgehead atoms. The molecule has 0 saturated carbocycles. The predicted molar refractivity (Wildman–Crippen MR) is 91.4 cm³/mol. The summed E-state index contributed by atoms with van der Waals surface area (Å²) in [7, 11) is 0. The number of amides is 1. The van der Waals surface area contributed by atoms with E-state index in [1.165, 1.54) is 6.07 Å². The number of hydrogen-bond acceptors (Lipinski definition) is 2. The van der Waals surface area contributed by atoms with Gasteiger partial charge in [0.1, 0.15) is 11.9 Å². The molecule has 1 heterocycles. The number of rotatable bonds is 2. The second kappa shape index (κ2) is 6.36. The summed E-state index contributed by atoms with van der Waals surface area (Å²) in [5, 5.41) is 0. The summed E-state index contributed by atoms with van der Waals surface area (Å²) in [6.07, 6.45) is -0.450. The van der Waals surface area contributed by atoms with E-state index in [0.717, 1.165) is 5.56 Å². The molecule has 0 radical (unpaired) electrons. The Morgan fingerprint density at radius 2 is 1.83 bits per heavy atom. The number of morpholine rings is 1. The van der Waals surface area contributed by atoms with Crippen molar-refractivity contribution in [1.29, 1.82) is 0 Å². The normalized spacial score (nSPS) is 20.0. The molecule has 1 aliphatic heterocycles. The molecular weight excluding hydrogens is 305 g/mol. The molecule has 1 fully saturated rings. The van der Waals surface area contributed by atoms with E-state index in [1.54, 1.807) is 23.1 Å². The van der Waals surface area contributed by atoms with Gasteiger partial charge in [0.25, 0.3) is 5.91 Å². The monoisotopic (exact) mass is 327 g/mol. The first-order valence-corrected chi connectivity index (χ1v) is 8.13. The summed E-state index contributed by atoms with van der Waals surface area (Å²) in [6, 6.07) is 14.1. The number of carbonyl (C=O) groups excluding carboxylic acids is 1. The molecule has 0 aromatic heterocycles. The van der Waals surface area contributed by atoms with E-state index in [2.05, 4.69) is 0 Å². The smallest absolute Gasteiger partial charge is 0.254 e. The van der Waals surface area contributed by atoms with Gasteiger partial charge < -0.3 is 9.64 Å². The van der Waals surface area contributed by atoms with Gasteiger partial charge in [-0.15, -0.1) is 0 Å². The molecule has 24 heavy (non-hydrogen) atoms. The van der Waals surface area contributed by atoms with Crippen molar-refractivity contribution < 1.29 is 13.9 Å². The highest BCUT2D eigenvalue weighted by Crippen LogP contribution is 2.32. The van der Waals surface area contributed by atoms with Crippen LogP contribution in [0.25, 0.3) is 0 Å². The maximum absolute atomic E-state index is 14.1. The Balaban J connectivity index is 1.88. The predicted octanol–water partition coefficient (Wildman–Crippen LogP) is 4.13. The SMILES string of the molecule is Cc1ccc(C(=O)N2CC(c3ccccc3F)OCC2(C)C)cc1. The molecule has 1 saturated heterocycles. The molecule has 1 unspecified atom stereocenters. The zero-order valence-corrected chi connectivity index (χ0v) is 14.3. The number of hydrogen-bond donors (Lipinski definition) is 0. The van der Waals surface area contributed by atoms with Crippen molar-refractivity contribution in [2.24, 2.45) is 0 Å². The van der Waals surface area contributed by atoms with E-state index in [4.69, 9.17) is 4.74 Å². The standard InChI is InChI=1S/C20H22FNO2/c1-14-8-10-15(11-9-14)19(23)22-12-18(24-13-20(22,2)3)16-6-4-5-7-17(16)21/h4-11,18H,12-13H2,1-3H3. The van der Waals surface area contributed by atoms with Crippen LogP contribution in [0.1, 0.15) is 41.4 Å². The fourth-order valence-corrected chi connectivity index (χ4v) is 2.98. The van der Waals surface area contributed by atoms with E-state index in [-0.39, 0.29) is 11.7 Å². The highest BCUT2D eigenvalue weighted by atomic mass is 19.1. The van der Waals surface area contributed by atoms with Gasteiger partial charge >= 0.3 is 0 Å². The minimum atomic E-state index is -0.450. The van der Waals surface area contributed by atoms with Gasteiger partial charge in [0.2, 0.25) is 0 Å². The van der Waals surface area contributed by atoms with Crippen LogP contribution in [-0.4, -0.2) is 29.5 Å². The van der Waals surface area contributed by atoms with Crippen LogP contribution in [0.15, 0.2) is 48.5 Å². The van der Waals surface area contributed by atoms with Crippen molar-refractivity contribution in [3.63, 3.8) is 0 Å². The van der Waals surface area contributed by atoms with E-state index >= 15 is 0 Å². The summed E-state index contributed by atoms with van der Waals surface area (Å²) < 4.78 is 19.9. The summed E-state index contributed by atoms with van der Waals surface area (Å²) in [6.45, 7) is 6.62. The van der Waals surface area contributed by atoms with Crippen molar-refractivity contribution in [1.82, 2.24) is 4.90 Å². The number of carbonyl (C=O) groups is 1. The molecule has 2 aromatic rings. The maximum atomic E-state index is 14.1. The molecule has 2 aromatic carbocycles. The topological polar surface area (TPSA) is 29.5 Å². The fourth-order valence-electron chi connectivity index (χ4n) is 2.98. The zero-order valence-electron chi connectivity index (χ0n) is 14.3. The van der Waals surface area contributed by atoms with Gasteiger partial charge in [-0.3, -0.25) is 4.79 Å². The molecule has 1 amide bonds. The third-order valence-corrected chi connectivity index (χ3v) is 4.51. The summed E-state index contributed by atoms with van der Waals surface area (Å²) in [5.41, 5.74) is 1.80. The lowest BCUT2D eigenvalue weighted by atomic mass is 9.96. The van der Waals surface area contributed by atoms with E-state index in [1.807, 2.05) is 45.0 Å². The Morgan fingerprint density at radius 3 is 2.50 bits per heavy atom. The lowest BCUT2D eigenvalue weighted by molar-refractivity contribution is -0.0857. The first-order chi connectivity index (χ1) is 11.4. The van der Waals surface area contributed by atoms with Gasteiger partial charge in [0.05, 0.1) is 18.7 Å². The summed E-state index contributed by atoms with van der Waals surface area (Å²) >= 11 is 0. The number of ether oxygens (including phenoxy) is 1. The Bertz CT molecular complexity index is 740. The highest BCUT2D eigenvalue weighted by Gasteiger charge is 2.39. The van der Waals surface area contributed by atoms with E-state index < -0.39 is 11.6 Å². The second-order valence-corrected chi connectivity index (χ2v) is 6.92. The fraction of sp³-hybridized carbons (Fsp3) is 0.350. The number of nitrogens with zero attached hydrogens (tertiary/aromatic N) is 1. The van der Waals surface area contributed by atoms with Crippen molar-refractivity contribution in [3.05, 3.63) is 71.0 Å². The second-order valence-electron chi connectivity index (χ2n) is 6.92. The summed E-state index contributed by atoms with van der Waals surface area (Å²) in [5.74, 6) is -0.352. The minimum Gasteiger partial charge on any atom is -0.369 e. The first kappa shape index (κ1) is 16.7. The molecule has 0 aliphatic carbocycles. The van der Waals surface area contributed by atoms with Crippen molar-refractivity contribution in [2.45, 2.75) is 32.4 Å². The van der Waals surface area contributed by atoms with Gasteiger partial charge in [0, 0.05) is 11.1 Å². The van der Waals surface area contributed by atoms with Gasteiger partial charge in [-0.2, -0.15) is 0 Å². The average Bonchev–Trinajstić information content (AvgIpc) is 2.55. The Kier molecular flexibility index (Phi) is 4.41. The number of benzene rings is 2. The van der Waals surface area contributed by atoms with Gasteiger partial charge in [0.15, 0.2) is 0 Å². The molecule has 0 spiro atoms. The van der Waals surface area contributed by atoms with Crippen LogP contribution in [0, 0.1) is 12.7 Å². The maximum Gasteiger partial charge on any atom is 0.254 e. The molecule has 4 heteroatoms. The third kappa shape index (κ3) is 3.20. The van der Waals surface area contributed by atoms with Crippen molar-refractivity contribution >= 4 is 5.91 Å². The molecular formula is C20H22FNO2. The molecule has 1 aliphatic rings. The molecule has 0 N–H and O–H groups in total. The van der Waals surface area contributed by atoms with Crippen LogP contribution in [0.2, 0.25) is 0 Å². The van der Waals surface area contributed by atoms with Crippen LogP contribution in [0.3, 0.4) is 0 Å². The molecule has 3 nitrogen and oxygen atoms in total. The third-order valence-electron chi connectivity index (χ3n) is 4.51. The van der Waals surface area contributed by atoms with Crippen LogP contribution in [0.4, 0.5) is 4.39 Å². The lowest BCUT2D eigenvalue weighted by Crippen LogP contribution is -2.56.